The van der Waals surface area contributed by atoms with Crippen molar-refractivity contribution < 1.29 is 8.81 Å². The third-order valence-corrected chi connectivity index (χ3v) is 5.59. The van der Waals surface area contributed by atoms with Crippen LogP contribution in [0.25, 0.3) is 0 Å². The van der Waals surface area contributed by atoms with Crippen molar-refractivity contribution in [2.24, 2.45) is 0 Å². The Labute approximate surface area is 143 Å². The molecule has 2 fully saturated rings. The molecule has 0 aliphatic carbocycles. The van der Waals surface area contributed by atoms with E-state index in [9.17, 15) is 4.39 Å². The van der Waals surface area contributed by atoms with Crippen LogP contribution in [0.4, 0.5) is 4.39 Å². The van der Waals surface area contributed by atoms with Gasteiger partial charge in [-0.2, -0.15) is 0 Å². The predicted molar refractivity (Wildman–Crippen MR) is 92.3 cm³/mol. The maximum absolute atomic E-state index is 13.1. The molecule has 2 aliphatic heterocycles. The van der Waals surface area contributed by atoms with E-state index in [2.05, 4.69) is 15.9 Å². The number of likely N-dealkylation sites (tertiary alicyclic amines) is 2. The normalized spacial score (nSPS) is 23.8. The lowest BCUT2D eigenvalue weighted by Crippen LogP contribution is -2.43. The lowest BCUT2D eigenvalue weighted by atomic mass is 9.98. The molecule has 0 bridgehead atoms. The molecule has 1 atom stereocenters. The third-order valence-electron chi connectivity index (χ3n) is 5.59. The van der Waals surface area contributed by atoms with Crippen LogP contribution in [0, 0.1) is 5.82 Å². The number of furan rings is 1. The van der Waals surface area contributed by atoms with Crippen LogP contribution in [-0.4, -0.2) is 42.0 Å². The Morgan fingerprint density at radius 1 is 1.00 bits per heavy atom. The molecule has 0 amide bonds. The highest BCUT2D eigenvalue weighted by molar-refractivity contribution is 5.22. The van der Waals surface area contributed by atoms with E-state index in [4.69, 9.17) is 4.42 Å². The lowest BCUT2D eigenvalue weighted by molar-refractivity contribution is 0.116. The molecule has 4 heteroatoms. The summed E-state index contributed by atoms with van der Waals surface area (Å²) in [5, 5.41) is 0. The standard InChI is InChI=1S/C20H25FN2O/c21-18-5-3-16(4-6-18)17-7-12-23(14-17)19-8-10-22(11-9-19)15-20-2-1-13-24-20/h1-6,13,17,19H,7-12,14-15H2. The number of piperidine rings is 1. The number of nitrogens with zero attached hydrogens (tertiary/aromatic N) is 2. The van der Waals surface area contributed by atoms with Gasteiger partial charge < -0.3 is 4.42 Å². The Hall–Kier alpha value is -1.65. The van der Waals surface area contributed by atoms with Crippen molar-refractivity contribution in [2.45, 2.75) is 37.8 Å². The van der Waals surface area contributed by atoms with Gasteiger partial charge in [-0.3, -0.25) is 9.80 Å². The van der Waals surface area contributed by atoms with E-state index in [1.165, 1.54) is 31.4 Å². The minimum Gasteiger partial charge on any atom is -0.468 e. The van der Waals surface area contributed by atoms with Gasteiger partial charge >= 0.3 is 0 Å². The Morgan fingerprint density at radius 2 is 1.79 bits per heavy atom. The van der Waals surface area contributed by atoms with Crippen molar-refractivity contribution in [3.63, 3.8) is 0 Å². The summed E-state index contributed by atoms with van der Waals surface area (Å²) in [5.74, 6) is 1.48. The molecule has 0 spiro atoms. The van der Waals surface area contributed by atoms with Crippen LogP contribution in [0.3, 0.4) is 0 Å². The molecule has 128 valence electrons. The van der Waals surface area contributed by atoms with Crippen LogP contribution in [0.1, 0.15) is 36.5 Å². The van der Waals surface area contributed by atoms with E-state index in [0.29, 0.717) is 12.0 Å². The Bertz CT molecular complexity index is 632. The minimum atomic E-state index is -0.141. The van der Waals surface area contributed by atoms with Crippen LogP contribution < -0.4 is 0 Å². The number of hydrogen-bond donors (Lipinski definition) is 0. The molecule has 0 saturated carbocycles. The van der Waals surface area contributed by atoms with E-state index < -0.39 is 0 Å². The summed E-state index contributed by atoms with van der Waals surface area (Å²) in [6.07, 6.45) is 5.41. The van der Waals surface area contributed by atoms with Crippen molar-refractivity contribution in [1.29, 1.82) is 0 Å². The van der Waals surface area contributed by atoms with Crippen molar-refractivity contribution in [2.75, 3.05) is 26.2 Å². The quantitative estimate of drug-likeness (QED) is 0.849. The van der Waals surface area contributed by atoms with Crippen LogP contribution in [-0.2, 0) is 6.54 Å². The number of halogens is 1. The van der Waals surface area contributed by atoms with Gasteiger partial charge in [0.05, 0.1) is 12.8 Å². The fourth-order valence-electron chi connectivity index (χ4n) is 4.19. The van der Waals surface area contributed by atoms with Crippen LogP contribution in [0.15, 0.2) is 47.1 Å². The molecule has 3 nitrogen and oxygen atoms in total. The second-order valence-electron chi connectivity index (χ2n) is 7.12. The monoisotopic (exact) mass is 328 g/mol. The highest BCUT2D eigenvalue weighted by Crippen LogP contribution is 2.31. The maximum atomic E-state index is 13.1. The largest absolute Gasteiger partial charge is 0.468 e. The van der Waals surface area contributed by atoms with Gasteiger partial charge in [0.1, 0.15) is 11.6 Å². The summed E-state index contributed by atoms with van der Waals surface area (Å²) in [6, 6.07) is 11.8. The first-order valence-electron chi connectivity index (χ1n) is 9.02. The molecule has 3 heterocycles. The molecular weight excluding hydrogens is 303 g/mol. The predicted octanol–water partition coefficient (Wildman–Crippen LogP) is 3.87. The van der Waals surface area contributed by atoms with Gasteiger partial charge in [-0.05, 0) is 61.6 Å². The number of hydrogen-bond acceptors (Lipinski definition) is 3. The van der Waals surface area contributed by atoms with Gasteiger partial charge in [-0.15, -0.1) is 0 Å². The topological polar surface area (TPSA) is 19.6 Å². The minimum absolute atomic E-state index is 0.141. The maximum Gasteiger partial charge on any atom is 0.123 e. The second kappa shape index (κ2) is 7.08. The molecule has 0 N–H and O–H groups in total. The van der Waals surface area contributed by atoms with Crippen molar-refractivity contribution in [1.82, 2.24) is 9.80 Å². The van der Waals surface area contributed by atoms with Gasteiger partial charge in [0.15, 0.2) is 0 Å². The molecular formula is C20H25FN2O. The van der Waals surface area contributed by atoms with Crippen LogP contribution in [0.5, 0.6) is 0 Å². The fraction of sp³-hybridized carbons (Fsp3) is 0.500. The summed E-state index contributed by atoms with van der Waals surface area (Å²) in [5.41, 5.74) is 1.29. The van der Waals surface area contributed by atoms with E-state index in [0.717, 1.165) is 31.9 Å². The smallest absolute Gasteiger partial charge is 0.123 e. The zero-order valence-corrected chi connectivity index (χ0v) is 14.0. The van der Waals surface area contributed by atoms with E-state index in [1.54, 1.807) is 18.4 Å². The molecule has 2 aromatic rings. The van der Waals surface area contributed by atoms with Crippen LogP contribution in [0.2, 0.25) is 0 Å². The average Bonchev–Trinajstić information content (AvgIpc) is 3.28. The van der Waals surface area contributed by atoms with Crippen LogP contribution >= 0.6 is 0 Å². The molecule has 24 heavy (non-hydrogen) atoms. The van der Waals surface area contributed by atoms with Gasteiger partial charge in [-0.1, -0.05) is 12.1 Å². The van der Waals surface area contributed by atoms with E-state index >= 15 is 0 Å². The first-order valence-corrected chi connectivity index (χ1v) is 9.02. The summed E-state index contributed by atoms with van der Waals surface area (Å²) in [7, 11) is 0. The fourth-order valence-corrected chi connectivity index (χ4v) is 4.19. The van der Waals surface area contributed by atoms with Gasteiger partial charge in [0.2, 0.25) is 0 Å². The summed E-state index contributed by atoms with van der Waals surface area (Å²) >= 11 is 0. The van der Waals surface area contributed by atoms with Crippen molar-refractivity contribution >= 4 is 0 Å². The Morgan fingerprint density at radius 3 is 2.50 bits per heavy atom. The third kappa shape index (κ3) is 3.55. The van der Waals surface area contributed by atoms with E-state index in [-0.39, 0.29) is 5.82 Å². The second-order valence-corrected chi connectivity index (χ2v) is 7.12. The number of rotatable bonds is 4. The number of benzene rings is 1. The zero-order chi connectivity index (χ0) is 16.4. The van der Waals surface area contributed by atoms with Crippen molar-refractivity contribution in [3.05, 3.63) is 59.8 Å². The molecule has 1 aromatic carbocycles. The Balaban J connectivity index is 1.28. The van der Waals surface area contributed by atoms with Gasteiger partial charge in [0.25, 0.3) is 0 Å². The molecule has 2 saturated heterocycles. The van der Waals surface area contributed by atoms with Gasteiger partial charge in [0, 0.05) is 25.7 Å². The Kier molecular flexibility index (Phi) is 4.67. The molecule has 1 unspecified atom stereocenters. The molecule has 4 rings (SSSR count). The molecule has 0 radical (unpaired) electrons. The summed E-state index contributed by atoms with van der Waals surface area (Å²) in [4.78, 5) is 5.14. The highest BCUT2D eigenvalue weighted by Gasteiger charge is 2.31. The molecule has 1 aromatic heterocycles. The average molecular weight is 328 g/mol. The SMILES string of the molecule is Fc1ccc(C2CCN(C3CCN(Cc4ccco4)CC3)C2)cc1. The zero-order valence-electron chi connectivity index (χ0n) is 14.0. The first kappa shape index (κ1) is 15.9. The van der Waals surface area contributed by atoms with E-state index in [1.807, 2.05) is 18.2 Å². The lowest BCUT2D eigenvalue weighted by Gasteiger charge is -2.36. The van der Waals surface area contributed by atoms with Crippen molar-refractivity contribution in [3.8, 4) is 0 Å². The molecule has 2 aliphatic rings. The first-order chi connectivity index (χ1) is 11.8. The van der Waals surface area contributed by atoms with Gasteiger partial charge in [-0.25, -0.2) is 4.39 Å². The summed E-state index contributed by atoms with van der Waals surface area (Å²) in [6.45, 7) is 5.50. The summed E-state index contributed by atoms with van der Waals surface area (Å²) < 4.78 is 18.5. The highest BCUT2D eigenvalue weighted by atomic mass is 19.1.